The van der Waals surface area contributed by atoms with E-state index in [0.29, 0.717) is 5.56 Å². The van der Waals surface area contributed by atoms with Crippen LogP contribution < -0.4 is 10.6 Å². The van der Waals surface area contributed by atoms with Gasteiger partial charge in [-0.25, -0.2) is 8.78 Å². The Labute approximate surface area is 117 Å². The first-order chi connectivity index (χ1) is 9.57. The molecule has 2 rings (SSSR count). The zero-order chi connectivity index (χ0) is 14.6. The molecule has 1 aliphatic rings. The van der Waals surface area contributed by atoms with Crippen molar-refractivity contribution in [2.45, 2.75) is 32.7 Å². The van der Waals surface area contributed by atoms with Crippen molar-refractivity contribution in [2.24, 2.45) is 5.41 Å². The summed E-state index contributed by atoms with van der Waals surface area (Å²) < 4.78 is 25.9. The van der Waals surface area contributed by atoms with E-state index in [4.69, 9.17) is 0 Å². The maximum absolute atomic E-state index is 13.1. The Bertz CT molecular complexity index is 485. The summed E-state index contributed by atoms with van der Waals surface area (Å²) in [6.45, 7) is 3.92. The van der Waals surface area contributed by atoms with E-state index >= 15 is 0 Å². The normalized spacial score (nSPS) is 17.8. The molecule has 0 spiro atoms. The predicted octanol–water partition coefficient (Wildman–Crippen LogP) is 2.36. The molecule has 0 aromatic heterocycles. The Balaban J connectivity index is 1.98. The van der Waals surface area contributed by atoms with Gasteiger partial charge in [0.2, 0.25) is 5.91 Å². The Morgan fingerprint density at radius 3 is 2.60 bits per heavy atom. The zero-order valence-corrected chi connectivity index (χ0v) is 11.6. The standard InChI is InChI=1S/C15H20F2N2O/c1-2-15(5-7-18-8-6-15)14(20)19-10-11-3-4-12(16)13(17)9-11/h3-4,9,18H,2,5-8,10H2,1H3,(H,19,20). The van der Waals surface area contributed by atoms with E-state index in [1.807, 2.05) is 6.92 Å². The van der Waals surface area contributed by atoms with E-state index in [2.05, 4.69) is 10.6 Å². The van der Waals surface area contributed by atoms with Gasteiger partial charge < -0.3 is 10.6 Å². The van der Waals surface area contributed by atoms with Gasteiger partial charge >= 0.3 is 0 Å². The van der Waals surface area contributed by atoms with Gasteiger partial charge in [0.25, 0.3) is 0 Å². The first-order valence-electron chi connectivity index (χ1n) is 7.00. The van der Waals surface area contributed by atoms with E-state index in [1.54, 1.807) is 0 Å². The molecule has 5 heteroatoms. The van der Waals surface area contributed by atoms with Gasteiger partial charge in [-0.05, 0) is 50.0 Å². The maximum atomic E-state index is 13.1. The Hall–Kier alpha value is -1.49. The third-order valence-electron chi connectivity index (χ3n) is 4.16. The minimum absolute atomic E-state index is 0.00577. The fraction of sp³-hybridized carbons (Fsp3) is 0.533. The number of carbonyl (C=O) groups excluding carboxylic acids is 1. The lowest BCUT2D eigenvalue weighted by atomic mass is 9.76. The van der Waals surface area contributed by atoms with Gasteiger partial charge in [-0.1, -0.05) is 13.0 Å². The van der Waals surface area contributed by atoms with Crippen molar-refractivity contribution >= 4 is 5.91 Å². The van der Waals surface area contributed by atoms with Crippen molar-refractivity contribution < 1.29 is 13.6 Å². The number of benzene rings is 1. The molecule has 3 nitrogen and oxygen atoms in total. The van der Waals surface area contributed by atoms with Gasteiger partial charge in [0.05, 0.1) is 5.41 Å². The predicted molar refractivity (Wildman–Crippen MR) is 73.0 cm³/mol. The fourth-order valence-corrected chi connectivity index (χ4v) is 2.67. The number of hydrogen-bond donors (Lipinski definition) is 2. The molecule has 20 heavy (non-hydrogen) atoms. The number of amides is 1. The molecule has 1 aliphatic heterocycles. The first kappa shape index (κ1) is 14.9. The van der Waals surface area contributed by atoms with Gasteiger partial charge in [-0.2, -0.15) is 0 Å². The lowest BCUT2D eigenvalue weighted by Gasteiger charge is -2.35. The summed E-state index contributed by atoms with van der Waals surface area (Å²) in [5.74, 6) is -1.75. The quantitative estimate of drug-likeness (QED) is 0.890. The maximum Gasteiger partial charge on any atom is 0.226 e. The second-order valence-corrected chi connectivity index (χ2v) is 5.32. The van der Waals surface area contributed by atoms with Crippen LogP contribution in [0.2, 0.25) is 0 Å². The molecule has 0 unspecified atom stereocenters. The molecule has 1 saturated heterocycles. The molecule has 0 bridgehead atoms. The highest BCUT2D eigenvalue weighted by molar-refractivity contribution is 5.82. The largest absolute Gasteiger partial charge is 0.352 e. The van der Waals surface area contributed by atoms with Crippen molar-refractivity contribution in [3.63, 3.8) is 0 Å². The average Bonchev–Trinajstić information content (AvgIpc) is 2.48. The molecular weight excluding hydrogens is 262 g/mol. The van der Waals surface area contributed by atoms with Crippen LogP contribution in [0, 0.1) is 17.0 Å². The molecule has 0 aliphatic carbocycles. The van der Waals surface area contributed by atoms with E-state index in [9.17, 15) is 13.6 Å². The van der Waals surface area contributed by atoms with Crippen LogP contribution in [0.15, 0.2) is 18.2 Å². The number of carbonyl (C=O) groups is 1. The Kier molecular flexibility index (Phi) is 4.70. The highest BCUT2D eigenvalue weighted by Crippen LogP contribution is 2.32. The molecule has 0 radical (unpaired) electrons. The second-order valence-electron chi connectivity index (χ2n) is 5.32. The van der Waals surface area contributed by atoms with E-state index in [1.165, 1.54) is 6.07 Å². The van der Waals surface area contributed by atoms with Crippen LogP contribution in [0.5, 0.6) is 0 Å². The molecule has 0 saturated carbocycles. The summed E-state index contributed by atoms with van der Waals surface area (Å²) in [4.78, 5) is 12.4. The van der Waals surface area contributed by atoms with Crippen LogP contribution in [0.3, 0.4) is 0 Å². The molecule has 1 aromatic rings. The summed E-state index contributed by atoms with van der Waals surface area (Å²) in [6.07, 6.45) is 2.42. The molecule has 1 heterocycles. The highest BCUT2D eigenvalue weighted by Gasteiger charge is 2.37. The zero-order valence-electron chi connectivity index (χ0n) is 11.6. The molecule has 1 amide bonds. The van der Waals surface area contributed by atoms with E-state index in [0.717, 1.165) is 44.5 Å². The monoisotopic (exact) mass is 282 g/mol. The van der Waals surface area contributed by atoms with Crippen molar-refractivity contribution in [2.75, 3.05) is 13.1 Å². The Morgan fingerprint density at radius 2 is 2.00 bits per heavy atom. The van der Waals surface area contributed by atoms with Crippen LogP contribution in [0.1, 0.15) is 31.7 Å². The van der Waals surface area contributed by atoms with Crippen molar-refractivity contribution in [1.82, 2.24) is 10.6 Å². The van der Waals surface area contributed by atoms with Gasteiger partial charge in [-0.3, -0.25) is 4.79 Å². The lowest BCUT2D eigenvalue weighted by Crippen LogP contribution is -2.47. The minimum atomic E-state index is -0.885. The number of nitrogens with one attached hydrogen (secondary N) is 2. The number of hydrogen-bond acceptors (Lipinski definition) is 2. The molecule has 110 valence electrons. The van der Waals surface area contributed by atoms with Crippen LogP contribution in [0.25, 0.3) is 0 Å². The average molecular weight is 282 g/mol. The second kappa shape index (κ2) is 6.31. The van der Waals surface area contributed by atoms with Crippen LogP contribution >= 0.6 is 0 Å². The Morgan fingerprint density at radius 1 is 1.30 bits per heavy atom. The van der Waals surface area contributed by atoms with Crippen LogP contribution in [0.4, 0.5) is 8.78 Å². The van der Waals surface area contributed by atoms with E-state index < -0.39 is 11.6 Å². The topological polar surface area (TPSA) is 41.1 Å². The molecule has 0 atom stereocenters. The van der Waals surface area contributed by atoms with Crippen molar-refractivity contribution in [1.29, 1.82) is 0 Å². The van der Waals surface area contributed by atoms with Crippen molar-refractivity contribution in [3.05, 3.63) is 35.4 Å². The molecule has 2 N–H and O–H groups in total. The van der Waals surface area contributed by atoms with Gasteiger partial charge in [0.15, 0.2) is 11.6 Å². The summed E-state index contributed by atoms with van der Waals surface area (Å²) in [7, 11) is 0. The van der Waals surface area contributed by atoms with E-state index in [-0.39, 0.29) is 17.9 Å². The first-order valence-corrected chi connectivity index (χ1v) is 7.00. The fourth-order valence-electron chi connectivity index (χ4n) is 2.67. The third kappa shape index (κ3) is 3.15. The van der Waals surface area contributed by atoms with Gasteiger partial charge in [-0.15, -0.1) is 0 Å². The summed E-state index contributed by atoms with van der Waals surface area (Å²) in [5, 5.41) is 6.10. The number of halogens is 2. The number of piperidine rings is 1. The van der Waals surface area contributed by atoms with Crippen LogP contribution in [-0.4, -0.2) is 19.0 Å². The molecule has 1 aromatic carbocycles. The van der Waals surface area contributed by atoms with Gasteiger partial charge in [0.1, 0.15) is 0 Å². The lowest BCUT2D eigenvalue weighted by molar-refractivity contribution is -0.133. The molecule has 1 fully saturated rings. The number of rotatable bonds is 4. The van der Waals surface area contributed by atoms with Crippen LogP contribution in [-0.2, 0) is 11.3 Å². The summed E-state index contributed by atoms with van der Waals surface area (Å²) in [6, 6.07) is 3.69. The SMILES string of the molecule is CCC1(C(=O)NCc2ccc(F)c(F)c2)CCNCC1. The highest BCUT2D eigenvalue weighted by atomic mass is 19.2. The minimum Gasteiger partial charge on any atom is -0.352 e. The van der Waals surface area contributed by atoms with Crippen molar-refractivity contribution in [3.8, 4) is 0 Å². The summed E-state index contributed by atoms with van der Waals surface area (Å²) >= 11 is 0. The smallest absolute Gasteiger partial charge is 0.226 e. The van der Waals surface area contributed by atoms with Gasteiger partial charge in [0, 0.05) is 6.54 Å². The third-order valence-corrected chi connectivity index (χ3v) is 4.16. The summed E-state index contributed by atoms with van der Waals surface area (Å²) in [5.41, 5.74) is 0.238. The molecular formula is C15H20F2N2O.